The van der Waals surface area contributed by atoms with Crippen molar-refractivity contribution in [1.29, 1.82) is 0 Å². The lowest BCUT2D eigenvalue weighted by atomic mass is 9.87. The predicted molar refractivity (Wildman–Crippen MR) is 86.2 cm³/mol. The smallest absolute Gasteiger partial charge is 0.338 e. The van der Waals surface area contributed by atoms with E-state index in [1.54, 1.807) is 18.2 Å². The fourth-order valence-corrected chi connectivity index (χ4v) is 2.37. The summed E-state index contributed by atoms with van der Waals surface area (Å²) >= 11 is 0. The van der Waals surface area contributed by atoms with E-state index in [1.165, 1.54) is 10.9 Å². The van der Waals surface area contributed by atoms with Gasteiger partial charge in [-0.25, -0.2) is 4.79 Å². The number of benzene rings is 2. The summed E-state index contributed by atoms with van der Waals surface area (Å²) in [4.78, 5) is 12.6. The van der Waals surface area contributed by atoms with Crippen LogP contribution in [-0.2, 0) is 5.41 Å². The molecule has 0 aliphatic carbocycles. The first-order valence-corrected chi connectivity index (χ1v) is 7.20. The van der Waals surface area contributed by atoms with E-state index in [-0.39, 0.29) is 16.7 Å². The number of phenols is 1. The van der Waals surface area contributed by atoms with Crippen LogP contribution in [0.3, 0.4) is 0 Å². The molecule has 0 saturated carbocycles. The van der Waals surface area contributed by atoms with Gasteiger partial charge in [-0.2, -0.15) is 0 Å². The van der Waals surface area contributed by atoms with Crippen LogP contribution in [0.2, 0.25) is 0 Å². The van der Waals surface area contributed by atoms with Gasteiger partial charge in [0, 0.05) is 0 Å². The Bertz CT molecular complexity index is 907. The highest BCUT2D eigenvalue weighted by Gasteiger charge is 2.19. The molecule has 6 heteroatoms. The fraction of sp³-hybridized carbons (Fsp3) is 0.235. The zero-order chi connectivity index (χ0) is 16.8. The number of aromatic nitrogens is 3. The van der Waals surface area contributed by atoms with Crippen molar-refractivity contribution in [3.05, 3.63) is 47.5 Å². The minimum absolute atomic E-state index is 0.0372. The van der Waals surface area contributed by atoms with E-state index >= 15 is 0 Å². The van der Waals surface area contributed by atoms with Crippen molar-refractivity contribution < 1.29 is 15.0 Å². The molecule has 2 N–H and O–H groups in total. The van der Waals surface area contributed by atoms with E-state index in [9.17, 15) is 15.0 Å². The molecule has 118 valence electrons. The minimum atomic E-state index is -1.06. The molecule has 3 aromatic rings. The maximum atomic E-state index is 11.3. The number of aromatic hydroxyl groups is 1. The molecule has 0 atom stereocenters. The van der Waals surface area contributed by atoms with Crippen molar-refractivity contribution >= 4 is 17.0 Å². The van der Waals surface area contributed by atoms with Crippen molar-refractivity contribution in [2.24, 2.45) is 0 Å². The molecule has 0 fully saturated rings. The van der Waals surface area contributed by atoms with E-state index in [0.717, 1.165) is 5.56 Å². The quantitative estimate of drug-likeness (QED) is 0.759. The third-order valence-electron chi connectivity index (χ3n) is 3.70. The Balaban J connectivity index is 2.21. The summed E-state index contributed by atoms with van der Waals surface area (Å²) in [5.74, 6) is -1.02. The van der Waals surface area contributed by atoms with E-state index in [1.807, 2.05) is 12.1 Å². The molecule has 0 radical (unpaired) electrons. The van der Waals surface area contributed by atoms with Gasteiger partial charge in [-0.1, -0.05) is 32.9 Å². The lowest BCUT2D eigenvalue weighted by molar-refractivity contribution is 0.0699. The van der Waals surface area contributed by atoms with Crippen LogP contribution in [0.25, 0.3) is 16.7 Å². The van der Waals surface area contributed by atoms with Crippen LogP contribution in [0, 0.1) is 0 Å². The number of rotatable bonds is 2. The molecule has 0 aliphatic rings. The average molecular weight is 311 g/mol. The van der Waals surface area contributed by atoms with E-state index in [2.05, 4.69) is 31.0 Å². The molecule has 0 unspecified atom stereocenters. The molecule has 3 rings (SSSR count). The number of carboxylic acid groups (broad SMARTS) is 1. The molecule has 6 nitrogen and oxygen atoms in total. The summed E-state index contributed by atoms with van der Waals surface area (Å²) in [6.07, 6.45) is 0. The van der Waals surface area contributed by atoms with Crippen LogP contribution in [0.5, 0.6) is 5.75 Å². The second-order valence-electron chi connectivity index (χ2n) is 6.42. The minimum Gasteiger partial charge on any atom is -0.506 e. The number of carbonyl (C=O) groups is 1. The molecule has 1 aromatic heterocycles. The summed E-state index contributed by atoms with van der Waals surface area (Å²) < 4.78 is 0. The molecule has 0 saturated heterocycles. The first-order chi connectivity index (χ1) is 10.8. The van der Waals surface area contributed by atoms with Gasteiger partial charge in [0.1, 0.15) is 22.5 Å². The second kappa shape index (κ2) is 5.08. The van der Waals surface area contributed by atoms with Gasteiger partial charge in [0.2, 0.25) is 0 Å². The summed E-state index contributed by atoms with van der Waals surface area (Å²) in [5.41, 5.74) is 2.18. The Morgan fingerprint density at radius 1 is 1.13 bits per heavy atom. The number of nitrogens with zero attached hydrogens (tertiary/aromatic N) is 3. The van der Waals surface area contributed by atoms with Crippen LogP contribution in [0.1, 0.15) is 36.7 Å². The van der Waals surface area contributed by atoms with Gasteiger partial charge in [0.15, 0.2) is 0 Å². The Labute approximate surface area is 133 Å². The van der Waals surface area contributed by atoms with E-state index < -0.39 is 5.97 Å². The topological polar surface area (TPSA) is 88.2 Å². The van der Waals surface area contributed by atoms with Gasteiger partial charge < -0.3 is 10.2 Å². The Morgan fingerprint density at radius 3 is 2.52 bits per heavy atom. The van der Waals surface area contributed by atoms with Crippen molar-refractivity contribution in [2.75, 3.05) is 0 Å². The largest absolute Gasteiger partial charge is 0.506 e. The summed E-state index contributed by atoms with van der Waals surface area (Å²) in [5, 5.41) is 27.9. The van der Waals surface area contributed by atoms with Gasteiger partial charge in [0.25, 0.3) is 0 Å². The molecule has 1 heterocycles. The first kappa shape index (κ1) is 15.0. The van der Waals surface area contributed by atoms with E-state index in [0.29, 0.717) is 16.7 Å². The molecule has 0 bridgehead atoms. The number of hydrogen-bond acceptors (Lipinski definition) is 4. The SMILES string of the molecule is CC(C)(C)c1ccc(O)c(-n2nc3cccc(C(=O)O)c3n2)c1. The maximum absolute atomic E-state index is 11.3. The number of aromatic carboxylic acids is 1. The molecule has 0 spiro atoms. The van der Waals surface area contributed by atoms with Crippen molar-refractivity contribution in [2.45, 2.75) is 26.2 Å². The lowest BCUT2D eigenvalue weighted by Gasteiger charge is -2.19. The third kappa shape index (κ3) is 2.63. The third-order valence-corrected chi connectivity index (χ3v) is 3.70. The standard InChI is InChI=1S/C17H17N3O3/c1-17(2,3)10-7-8-14(21)13(9-10)20-18-12-6-4-5-11(16(22)23)15(12)19-20/h4-9,21H,1-3H3,(H,22,23). The molecule has 0 amide bonds. The Kier molecular flexibility index (Phi) is 3.32. The van der Waals surface area contributed by atoms with Gasteiger partial charge in [-0.3, -0.25) is 0 Å². The van der Waals surface area contributed by atoms with Crippen LogP contribution in [-0.4, -0.2) is 31.2 Å². The van der Waals surface area contributed by atoms with Crippen molar-refractivity contribution in [1.82, 2.24) is 15.0 Å². The monoisotopic (exact) mass is 311 g/mol. The van der Waals surface area contributed by atoms with Gasteiger partial charge in [0.05, 0.1) is 5.56 Å². The molecule has 2 aromatic carbocycles. The maximum Gasteiger partial charge on any atom is 0.338 e. The van der Waals surface area contributed by atoms with Gasteiger partial charge in [-0.05, 0) is 35.2 Å². The first-order valence-electron chi connectivity index (χ1n) is 7.20. The van der Waals surface area contributed by atoms with E-state index in [4.69, 9.17) is 0 Å². The Morgan fingerprint density at radius 2 is 1.87 bits per heavy atom. The lowest BCUT2D eigenvalue weighted by Crippen LogP contribution is -2.12. The zero-order valence-corrected chi connectivity index (χ0v) is 13.1. The van der Waals surface area contributed by atoms with Crippen molar-refractivity contribution in [3.63, 3.8) is 0 Å². The number of fused-ring (bicyclic) bond motifs is 1. The average Bonchev–Trinajstić information content (AvgIpc) is 2.89. The summed E-state index contributed by atoms with van der Waals surface area (Å²) in [6.45, 7) is 6.20. The zero-order valence-electron chi connectivity index (χ0n) is 13.1. The summed E-state index contributed by atoms with van der Waals surface area (Å²) in [7, 11) is 0. The highest BCUT2D eigenvalue weighted by molar-refractivity contribution is 6.00. The van der Waals surface area contributed by atoms with Crippen LogP contribution < -0.4 is 0 Å². The number of hydrogen-bond donors (Lipinski definition) is 2. The molecule has 23 heavy (non-hydrogen) atoms. The molecular formula is C17H17N3O3. The highest BCUT2D eigenvalue weighted by Crippen LogP contribution is 2.29. The van der Waals surface area contributed by atoms with Crippen LogP contribution in [0.15, 0.2) is 36.4 Å². The summed E-state index contributed by atoms with van der Waals surface area (Å²) in [6, 6.07) is 10.1. The number of carboxylic acids is 1. The Hall–Kier alpha value is -2.89. The fourth-order valence-electron chi connectivity index (χ4n) is 2.37. The molecule has 0 aliphatic heterocycles. The normalized spacial score (nSPS) is 11.8. The number of phenolic OH excluding ortho intramolecular Hbond substituents is 1. The highest BCUT2D eigenvalue weighted by atomic mass is 16.4. The second-order valence-corrected chi connectivity index (χ2v) is 6.42. The van der Waals surface area contributed by atoms with Crippen molar-refractivity contribution in [3.8, 4) is 11.4 Å². The predicted octanol–water partition coefficient (Wildman–Crippen LogP) is 3.12. The van der Waals surface area contributed by atoms with Crippen LogP contribution >= 0.6 is 0 Å². The van der Waals surface area contributed by atoms with Gasteiger partial charge in [-0.15, -0.1) is 15.0 Å². The van der Waals surface area contributed by atoms with Crippen LogP contribution in [0.4, 0.5) is 0 Å². The van der Waals surface area contributed by atoms with Gasteiger partial charge >= 0.3 is 5.97 Å². The molecular weight excluding hydrogens is 294 g/mol.